The van der Waals surface area contributed by atoms with Crippen molar-refractivity contribution < 1.29 is 25.2 Å². The largest absolute Gasteiger partial charge is 0.481 e. The maximum Gasteiger partial charge on any atom is 0.312 e. The Morgan fingerprint density at radius 2 is 1.60 bits per heavy atom. The third-order valence-corrected chi connectivity index (χ3v) is 13.2. The Bertz CT molecular complexity index is 941. The van der Waals surface area contributed by atoms with E-state index in [1.165, 1.54) is 5.57 Å². The van der Waals surface area contributed by atoms with Crippen molar-refractivity contribution in [1.29, 1.82) is 0 Å². The van der Waals surface area contributed by atoms with Gasteiger partial charge in [0.2, 0.25) is 0 Å². The number of fused-ring (bicyclic) bond motifs is 7. The zero-order valence-electron chi connectivity index (χ0n) is 22.7. The average molecular weight is 489 g/mol. The van der Waals surface area contributed by atoms with E-state index in [9.17, 15) is 25.2 Å². The van der Waals surface area contributed by atoms with Crippen LogP contribution in [0.1, 0.15) is 99.3 Å². The van der Waals surface area contributed by atoms with E-state index in [1.807, 2.05) is 0 Å². The summed E-state index contributed by atoms with van der Waals surface area (Å²) in [6, 6.07) is 0. The fourth-order valence-electron chi connectivity index (χ4n) is 10.8. The molecule has 0 heterocycles. The predicted molar refractivity (Wildman–Crippen MR) is 135 cm³/mol. The van der Waals surface area contributed by atoms with Gasteiger partial charge in [0.25, 0.3) is 0 Å². The van der Waals surface area contributed by atoms with Crippen molar-refractivity contribution in [2.24, 2.45) is 50.2 Å². The molecule has 0 radical (unpaired) electrons. The average Bonchev–Trinajstić information content (AvgIpc) is 2.76. The lowest BCUT2D eigenvalue weighted by Crippen LogP contribution is -2.68. The quantitative estimate of drug-likeness (QED) is 0.402. The van der Waals surface area contributed by atoms with Crippen LogP contribution in [0.2, 0.25) is 0 Å². The molecule has 4 saturated carbocycles. The van der Waals surface area contributed by atoms with Crippen LogP contribution >= 0.6 is 0 Å². The van der Waals surface area contributed by atoms with E-state index in [0.717, 1.165) is 38.5 Å². The zero-order chi connectivity index (χ0) is 25.8. The molecule has 0 aliphatic heterocycles. The van der Waals surface area contributed by atoms with Crippen LogP contribution in [0.3, 0.4) is 0 Å². The zero-order valence-corrected chi connectivity index (χ0v) is 22.7. The van der Waals surface area contributed by atoms with Crippen LogP contribution < -0.4 is 0 Å². The minimum Gasteiger partial charge on any atom is -0.481 e. The highest BCUT2D eigenvalue weighted by Crippen LogP contribution is 2.75. The number of hydrogen-bond donors (Lipinski definition) is 4. The lowest BCUT2D eigenvalue weighted by molar-refractivity contribution is -0.226. The first-order valence-electron chi connectivity index (χ1n) is 14.0. The summed E-state index contributed by atoms with van der Waals surface area (Å²) in [4.78, 5) is 12.8. The molecule has 5 aliphatic rings. The third-order valence-electron chi connectivity index (χ3n) is 13.2. The molecule has 0 amide bonds. The summed E-state index contributed by atoms with van der Waals surface area (Å²) in [5.41, 5.74) is -0.522. The molecule has 198 valence electrons. The number of carboxylic acids is 1. The lowest BCUT2D eigenvalue weighted by Gasteiger charge is -2.71. The summed E-state index contributed by atoms with van der Waals surface area (Å²) in [6.45, 7) is 13.7. The first kappa shape index (κ1) is 25.7. The topological polar surface area (TPSA) is 98.0 Å². The number of allylic oxidation sites excluding steroid dienone is 2. The maximum atomic E-state index is 12.8. The van der Waals surface area contributed by atoms with Crippen molar-refractivity contribution in [3.8, 4) is 0 Å². The Labute approximate surface area is 211 Å². The Morgan fingerprint density at radius 3 is 2.23 bits per heavy atom. The second-order valence-corrected chi connectivity index (χ2v) is 15.0. The van der Waals surface area contributed by atoms with Gasteiger partial charge in [0.05, 0.1) is 18.8 Å². The van der Waals surface area contributed by atoms with Gasteiger partial charge in [-0.15, -0.1) is 0 Å². The highest BCUT2D eigenvalue weighted by molar-refractivity contribution is 5.77. The van der Waals surface area contributed by atoms with Gasteiger partial charge in [0.15, 0.2) is 0 Å². The highest BCUT2D eigenvalue weighted by Gasteiger charge is 2.71. The van der Waals surface area contributed by atoms with Crippen molar-refractivity contribution in [2.45, 2.75) is 112 Å². The molecule has 5 aliphatic carbocycles. The van der Waals surface area contributed by atoms with Gasteiger partial charge in [-0.2, -0.15) is 0 Å². The number of carboxylic acid groups (broad SMARTS) is 1. The van der Waals surface area contributed by atoms with Crippen LogP contribution in [-0.4, -0.2) is 45.2 Å². The Kier molecular flexibility index (Phi) is 5.56. The molecule has 5 nitrogen and oxygen atoms in total. The van der Waals surface area contributed by atoms with Crippen LogP contribution in [0.15, 0.2) is 11.6 Å². The molecule has 0 aromatic rings. The van der Waals surface area contributed by atoms with Crippen LogP contribution in [-0.2, 0) is 4.79 Å². The van der Waals surface area contributed by atoms with Crippen LogP contribution in [0.25, 0.3) is 0 Å². The molecule has 5 rings (SSSR count). The minimum absolute atomic E-state index is 0.00707. The minimum atomic E-state index is -1.07. The van der Waals surface area contributed by atoms with Crippen molar-refractivity contribution >= 4 is 5.97 Å². The fourth-order valence-corrected chi connectivity index (χ4v) is 10.8. The van der Waals surface area contributed by atoms with Crippen molar-refractivity contribution in [1.82, 2.24) is 0 Å². The predicted octanol–water partition coefficient (Wildman–Crippen LogP) is 5.18. The number of rotatable bonds is 2. The molecular weight excluding hydrogens is 440 g/mol. The normalized spacial score (nSPS) is 55.0. The van der Waals surface area contributed by atoms with Gasteiger partial charge in [-0.25, -0.2) is 0 Å². The molecule has 0 spiro atoms. The fraction of sp³-hybridized carbons (Fsp3) is 0.900. The lowest BCUT2D eigenvalue weighted by atomic mass is 9.33. The first-order chi connectivity index (χ1) is 16.1. The molecular formula is C30H48O5. The summed E-state index contributed by atoms with van der Waals surface area (Å²) >= 11 is 0. The van der Waals surface area contributed by atoms with Gasteiger partial charge in [-0.1, -0.05) is 53.2 Å². The van der Waals surface area contributed by atoms with Crippen LogP contribution in [0.5, 0.6) is 0 Å². The monoisotopic (exact) mass is 488 g/mol. The van der Waals surface area contributed by atoms with Crippen molar-refractivity contribution in [2.75, 3.05) is 6.61 Å². The van der Waals surface area contributed by atoms with Gasteiger partial charge in [-0.3, -0.25) is 4.79 Å². The van der Waals surface area contributed by atoms with Crippen molar-refractivity contribution in [3.05, 3.63) is 11.6 Å². The Morgan fingerprint density at radius 1 is 0.914 bits per heavy atom. The van der Waals surface area contributed by atoms with E-state index in [-0.39, 0.29) is 40.1 Å². The molecule has 0 aromatic carbocycles. The van der Waals surface area contributed by atoms with E-state index in [0.29, 0.717) is 25.2 Å². The van der Waals surface area contributed by atoms with E-state index in [1.54, 1.807) is 0 Å². The molecule has 0 bridgehead atoms. The molecule has 0 unspecified atom stereocenters. The molecule has 5 heteroatoms. The Hall–Kier alpha value is -0.910. The standard InChI is InChI=1S/C30H48O5/c1-25(2)13-14-30(24(34)35)19(15-25)18-7-8-21-26(3)11-10-22(32)27(4,17-31)20(26)9-12-28(21,5)29(18,6)16-23(30)33/h7,19-23,31-33H,8-17H2,1-6H3,(H,34,35)/t19-,20+,21+,22+,23+,26+,27+,28-,29-,30-/m1/s1. The van der Waals surface area contributed by atoms with Crippen LogP contribution in [0, 0.1) is 50.2 Å². The SMILES string of the molecule is CC1(C)CC[C@@]2(C(=O)O)[C@H](C1)C1=CC[C@H]3[C@@]4(C)CC[C@H](O)[C@@](C)(CO)[C@H]4CC[C@@]3(C)[C@]1(C)C[C@@H]2O. The third kappa shape index (κ3) is 3.01. The second-order valence-electron chi connectivity index (χ2n) is 15.0. The molecule has 4 N–H and O–H groups in total. The van der Waals surface area contributed by atoms with E-state index < -0.39 is 29.0 Å². The second kappa shape index (κ2) is 7.57. The number of hydrogen-bond acceptors (Lipinski definition) is 4. The first-order valence-corrected chi connectivity index (χ1v) is 14.0. The van der Waals surface area contributed by atoms with Gasteiger partial charge in [0, 0.05) is 5.41 Å². The molecule has 4 fully saturated rings. The Balaban J connectivity index is 1.63. The summed E-state index contributed by atoms with van der Waals surface area (Å²) in [6.07, 6.45) is 8.30. The van der Waals surface area contributed by atoms with Gasteiger partial charge < -0.3 is 20.4 Å². The van der Waals surface area contributed by atoms with Gasteiger partial charge >= 0.3 is 5.97 Å². The number of aliphatic carboxylic acids is 1. The summed E-state index contributed by atoms with van der Waals surface area (Å²) in [5.74, 6) is -0.323. The number of aliphatic hydroxyl groups excluding tert-OH is 3. The van der Waals surface area contributed by atoms with Gasteiger partial charge in [0.1, 0.15) is 5.41 Å². The van der Waals surface area contributed by atoms with E-state index in [2.05, 4.69) is 47.6 Å². The summed E-state index contributed by atoms with van der Waals surface area (Å²) in [5, 5.41) is 43.5. The number of aliphatic hydroxyl groups is 3. The summed E-state index contributed by atoms with van der Waals surface area (Å²) in [7, 11) is 0. The highest BCUT2D eigenvalue weighted by atomic mass is 16.4. The van der Waals surface area contributed by atoms with E-state index >= 15 is 0 Å². The molecule has 35 heavy (non-hydrogen) atoms. The molecule has 0 aromatic heterocycles. The molecule has 10 atom stereocenters. The van der Waals surface area contributed by atoms with E-state index in [4.69, 9.17) is 0 Å². The van der Waals surface area contributed by atoms with Crippen molar-refractivity contribution in [3.63, 3.8) is 0 Å². The van der Waals surface area contributed by atoms with Gasteiger partial charge in [-0.05, 0) is 97.2 Å². The summed E-state index contributed by atoms with van der Waals surface area (Å²) < 4.78 is 0. The number of carbonyl (C=O) groups is 1. The maximum absolute atomic E-state index is 12.8. The molecule has 0 saturated heterocycles. The van der Waals surface area contributed by atoms with Crippen LogP contribution in [0.4, 0.5) is 0 Å². The smallest absolute Gasteiger partial charge is 0.312 e.